The molecule has 34 heavy (non-hydrogen) atoms. The zero-order valence-electron chi connectivity index (χ0n) is 19.1. The van der Waals surface area contributed by atoms with Crippen LogP contribution in [0.2, 0.25) is 0 Å². The Bertz CT molecular complexity index is 1320. The number of benzene rings is 3. The first-order chi connectivity index (χ1) is 16.5. The maximum Gasteiger partial charge on any atom is 0.242 e. The lowest BCUT2D eigenvalue weighted by molar-refractivity contribution is -0.115. The SMILES string of the molecule is COc1cccc(-c2nnc(S[C@@H](C(=O)Nc3cccc(C(C)=O)c3)c3ccccc3)n2C)c1. The molecule has 0 aliphatic carbocycles. The van der Waals surface area contributed by atoms with Gasteiger partial charge in [-0.15, -0.1) is 10.2 Å². The van der Waals surface area contributed by atoms with Gasteiger partial charge in [-0.3, -0.25) is 9.59 Å². The third-order valence-electron chi connectivity index (χ3n) is 5.26. The maximum absolute atomic E-state index is 13.4. The molecule has 0 radical (unpaired) electrons. The van der Waals surface area contributed by atoms with Crippen LogP contribution in [-0.2, 0) is 11.8 Å². The number of hydrogen-bond acceptors (Lipinski definition) is 6. The summed E-state index contributed by atoms with van der Waals surface area (Å²) < 4.78 is 7.18. The zero-order chi connectivity index (χ0) is 24.1. The van der Waals surface area contributed by atoms with Crippen molar-refractivity contribution >= 4 is 29.1 Å². The van der Waals surface area contributed by atoms with Gasteiger partial charge in [-0.2, -0.15) is 0 Å². The number of rotatable bonds is 8. The Hall–Kier alpha value is -3.91. The van der Waals surface area contributed by atoms with Crippen molar-refractivity contribution in [2.24, 2.45) is 7.05 Å². The summed E-state index contributed by atoms with van der Waals surface area (Å²) in [6.45, 7) is 1.50. The quantitative estimate of drug-likeness (QED) is 0.281. The van der Waals surface area contributed by atoms with E-state index in [4.69, 9.17) is 4.74 Å². The molecule has 0 fully saturated rings. The lowest BCUT2D eigenvalue weighted by Gasteiger charge is -2.17. The van der Waals surface area contributed by atoms with Gasteiger partial charge in [0.05, 0.1) is 7.11 Å². The van der Waals surface area contributed by atoms with Crippen LogP contribution < -0.4 is 10.1 Å². The van der Waals surface area contributed by atoms with Crippen molar-refractivity contribution in [2.45, 2.75) is 17.3 Å². The van der Waals surface area contributed by atoms with E-state index < -0.39 is 5.25 Å². The Morgan fingerprint density at radius 2 is 1.74 bits per heavy atom. The molecular weight excluding hydrogens is 448 g/mol. The fraction of sp³-hybridized carbons (Fsp3) is 0.154. The van der Waals surface area contributed by atoms with E-state index in [-0.39, 0.29) is 11.7 Å². The third-order valence-corrected chi connectivity index (χ3v) is 6.55. The van der Waals surface area contributed by atoms with E-state index in [1.54, 1.807) is 31.4 Å². The van der Waals surface area contributed by atoms with Crippen LogP contribution in [0.5, 0.6) is 5.75 Å². The molecule has 4 aromatic rings. The Morgan fingerprint density at radius 1 is 0.971 bits per heavy atom. The van der Waals surface area contributed by atoms with Gasteiger partial charge in [-0.1, -0.05) is 66.4 Å². The summed E-state index contributed by atoms with van der Waals surface area (Å²) in [6, 6.07) is 24.0. The van der Waals surface area contributed by atoms with Crippen LogP contribution >= 0.6 is 11.8 Å². The molecule has 1 N–H and O–H groups in total. The number of methoxy groups -OCH3 is 1. The van der Waals surface area contributed by atoms with Crippen LogP contribution in [-0.4, -0.2) is 33.6 Å². The molecule has 172 valence electrons. The van der Waals surface area contributed by atoms with Crippen LogP contribution in [0.3, 0.4) is 0 Å². The summed E-state index contributed by atoms with van der Waals surface area (Å²) >= 11 is 1.31. The van der Waals surface area contributed by atoms with E-state index in [9.17, 15) is 9.59 Å². The molecule has 0 aliphatic rings. The second-order valence-electron chi connectivity index (χ2n) is 7.63. The van der Waals surface area contributed by atoms with Gasteiger partial charge in [-0.25, -0.2) is 0 Å². The van der Waals surface area contributed by atoms with Gasteiger partial charge in [-0.05, 0) is 36.8 Å². The van der Waals surface area contributed by atoms with Crippen molar-refractivity contribution in [3.63, 3.8) is 0 Å². The average Bonchev–Trinajstić information content (AvgIpc) is 3.23. The van der Waals surface area contributed by atoms with Crippen LogP contribution in [0.1, 0.15) is 28.1 Å². The van der Waals surface area contributed by atoms with Gasteiger partial charge in [0.1, 0.15) is 11.0 Å². The Balaban J connectivity index is 1.63. The molecule has 3 aromatic carbocycles. The van der Waals surface area contributed by atoms with E-state index in [1.807, 2.05) is 66.2 Å². The van der Waals surface area contributed by atoms with Crippen molar-refractivity contribution in [1.29, 1.82) is 0 Å². The fourth-order valence-electron chi connectivity index (χ4n) is 3.46. The van der Waals surface area contributed by atoms with Gasteiger partial charge in [0, 0.05) is 23.9 Å². The number of carbonyl (C=O) groups excluding carboxylic acids is 2. The molecule has 0 spiro atoms. The highest BCUT2D eigenvalue weighted by molar-refractivity contribution is 8.00. The highest BCUT2D eigenvalue weighted by Gasteiger charge is 2.25. The lowest BCUT2D eigenvalue weighted by atomic mass is 10.1. The van der Waals surface area contributed by atoms with Crippen LogP contribution in [0.4, 0.5) is 5.69 Å². The Labute approximate surface area is 202 Å². The number of ketones is 1. The summed E-state index contributed by atoms with van der Waals surface area (Å²) in [5, 5.41) is 11.7. The number of amides is 1. The van der Waals surface area contributed by atoms with Gasteiger partial charge < -0.3 is 14.6 Å². The molecule has 1 heterocycles. The van der Waals surface area contributed by atoms with Crippen molar-refractivity contribution < 1.29 is 14.3 Å². The summed E-state index contributed by atoms with van der Waals surface area (Å²) in [5.74, 6) is 1.11. The third kappa shape index (κ3) is 5.18. The van der Waals surface area contributed by atoms with Crippen molar-refractivity contribution in [1.82, 2.24) is 14.8 Å². The lowest BCUT2D eigenvalue weighted by Crippen LogP contribution is -2.19. The number of ether oxygens (including phenoxy) is 1. The summed E-state index contributed by atoms with van der Waals surface area (Å²) in [7, 11) is 3.49. The number of nitrogens with one attached hydrogen (secondary N) is 1. The number of anilines is 1. The zero-order valence-corrected chi connectivity index (χ0v) is 19.9. The van der Waals surface area contributed by atoms with Gasteiger partial charge in [0.25, 0.3) is 0 Å². The number of hydrogen-bond donors (Lipinski definition) is 1. The highest BCUT2D eigenvalue weighted by atomic mass is 32.2. The van der Waals surface area contributed by atoms with E-state index >= 15 is 0 Å². The predicted molar refractivity (Wildman–Crippen MR) is 133 cm³/mol. The minimum Gasteiger partial charge on any atom is -0.497 e. The van der Waals surface area contributed by atoms with Crippen LogP contribution in [0.15, 0.2) is 84.0 Å². The van der Waals surface area contributed by atoms with E-state index in [0.29, 0.717) is 22.2 Å². The molecule has 4 rings (SSSR count). The molecule has 1 amide bonds. The molecule has 1 aromatic heterocycles. The normalized spacial score (nSPS) is 11.6. The minimum absolute atomic E-state index is 0.0609. The van der Waals surface area contributed by atoms with E-state index in [0.717, 1.165) is 16.9 Å². The predicted octanol–water partition coefficient (Wildman–Crippen LogP) is 5.17. The Morgan fingerprint density at radius 3 is 2.47 bits per heavy atom. The highest BCUT2D eigenvalue weighted by Crippen LogP contribution is 2.36. The van der Waals surface area contributed by atoms with E-state index in [1.165, 1.54) is 18.7 Å². The molecule has 1 atom stereocenters. The molecule has 0 saturated carbocycles. The topological polar surface area (TPSA) is 86.1 Å². The summed E-state index contributed by atoms with van der Waals surface area (Å²) in [6.07, 6.45) is 0. The van der Waals surface area contributed by atoms with Crippen LogP contribution in [0, 0.1) is 0 Å². The number of aromatic nitrogens is 3. The van der Waals surface area contributed by atoms with E-state index in [2.05, 4.69) is 15.5 Å². The first-order valence-corrected chi connectivity index (χ1v) is 11.5. The molecule has 0 aliphatic heterocycles. The summed E-state index contributed by atoms with van der Waals surface area (Å²) in [4.78, 5) is 25.1. The first-order valence-electron chi connectivity index (χ1n) is 10.6. The van der Waals surface area contributed by atoms with Crippen LogP contribution in [0.25, 0.3) is 11.4 Å². The van der Waals surface area contributed by atoms with Gasteiger partial charge in [0.15, 0.2) is 16.8 Å². The number of carbonyl (C=O) groups is 2. The second kappa shape index (κ2) is 10.4. The van der Waals surface area contributed by atoms with Gasteiger partial charge >= 0.3 is 0 Å². The number of nitrogens with zero attached hydrogens (tertiary/aromatic N) is 3. The van der Waals surface area contributed by atoms with Crippen molar-refractivity contribution in [3.8, 4) is 17.1 Å². The standard InChI is InChI=1S/C26H24N4O3S/c1-17(31)19-11-7-13-21(15-19)27-25(32)23(18-9-5-4-6-10-18)34-26-29-28-24(30(26)2)20-12-8-14-22(16-20)33-3/h4-16,23H,1-3H3,(H,27,32)/t23-/m1/s1. The second-order valence-corrected chi connectivity index (χ2v) is 8.70. The molecule has 0 unspecified atom stereocenters. The first kappa shape index (κ1) is 23.3. The molecule has 7 nitrogen and oxygen atoms in total. The largest absolute Gasteiger partial charge is 0.497 e. The average molecular weight is 473 g/mol. The van der Waals surface area contributed by atoms with Crippen molar-refractivity contribution in [3.05, 3.63) is 90.0 Å². The van der Waals surface area contributed by atoms with Crippen molar-refractivity contribution in [2.75, 3.05) is 12.4 Å². The van der Waals surface area contributed by atoms with Gasteiger partial charge in [0.2, 0.25) is 5.91 Å². The number of Topliss-reactive ketones (excluding diaryl/α,β-unsaturated/α-hetero) is 1. The fourth-order valence-corrected chi connectivity index (χ4v) is 4.46. The number of thioether (sulfide) groups is 1. The molecule has 0 saturated heterocycles. The summed E-state index contributed by atoms with van der Waals surface area (Å²) in [5.41, 5.74) is 2.80. The maximum atomic E-state index is 13.4. The molecule has 8 heteroatoms. The Kier molecular flexibility index (Phi) is 7.08. The molecular formula is C26H24N4O3S. The monoisotopic (exact) mass is 472 g/mol. The smallest absolute Gasteiger partial charge is 0.242 e. The minimum atomic E-state index is -0.580. The molecule has 0 bridgehead atoms.